The summed E-state index contributed by atoms with van der Waals surface area (Å²) in [6.07, 6.45) is 0.266. The molecule has 0 aliphatic rings. The van der Waals surface area contributed by atoms with E-state index >= 15 is 0 Å². The molecule has 0 saturated carbocycles. The fourth-order valence-corrected chi connectivity index (χ4v) is 4.77. The van der Waals surface area contributed by atoms with Gasteiger partial charge in [0.25, 0.3) is 0 Å². The number of ether oxygens (including phenoxy) is 1. The molecule has 0 unspecified atom stereocenters. The molecule has 0 radical (unpaired) electrons. The Hall–Kier alpha value is -0.353. The summed E-state index contributed by atoms with van der Waals surface area (Å²) in [6, 6.07) is 0. The molecule has 0 rings (SSSR count). The number of rotatable bonds is 6. The van der Waals surface area contributed by atoms with Gasteiger partial charge >= 0.3 is 5.97 Å². The van der Waals surface area contributed by atoms with Crippen molar-refractivity contribution in [3.63, 3.8) is 0 Å². The first-order valence-corrected chi connectivity index (χ1v) is 9.68. The lowest BCUT2D eigenvalue weighted by molar-refractivity contribution is -0.145. The molecule has 0 aliphatic carbocycles. The number of esters is 1. The van der Waals surface area contributed by atoms with E-state index in [2.05, 4.69) is 19.6 Å². The smallest absolute Gasteiger partial charge is 0.306 e. The number of carbonyl (C=O) groups is 1. The van der Waals surface area contributed by atoms with Crippen molar-refractivity contribution in [2.45, 2.75) is 58.5 Å². The molecule has 0 aromatic rings. The van der Waals surface area contributed by atoms with Gasteiger partial charge in [-0.1, -0.05) is 33.5 Å². The molecule has 0 heterocycles. The molecule has 0 spiro atoms. The highest BCUT2D eigenvalue weighted by molar-refractivity contribution is 6.80. The van der Waals surface area contributed by atoms with E-state index in [1.807, 2.05) is 20.8 Å². The molecule has 0 amide bonds. The van der Waals surface area contributed by atoms with Gasteiger partial charge in [-0.05, 0) is 19.3 Å². The van der Waals surface area contributed by atoms with Gasteiger partial charge in [-0.2, -0.15) is 0 Å². The van der Waals surface area contributed by atoms with E-state index < -0.39 is 14.2 Å². The summed E-state index contributed by atoms with van der Waals surface area (Å²) < 4.78 is 5.13. The van der Waals surface area contributed by atoms with Gasteiger partial charge in [0.1, 0.15) is 0 Å². The van der Waals surface area contributed by atoms with Gasteiger partial charge in [-0.25, -0.2) is 0 Å². The molecule has 3 atom stereocenters. The molecular weight excluding hydrogens is 220 g/mol. The average molecular weight is 246 g/mol. The average Bonchev–Trinajstić information content (AvgIpc) is 2.14. The Morgan fingerprint density at radius 3 is 2.12 bits per heavy atom. The van der Waals surface area contributed by atoms with Gasteiger partial charge in [0, 0.05) is 0 Å². The van der Waals surface area contributed by atoms with Crippen LogP contribution in [0.4, 0.5) is 0 Å². The largest absolute Gasteiger partial charge is 0.466 e. The van der Waals surface area contributed by atoms with Gasteiger partial charge in [0.15, 0.2) is 0 Å². The lowest BCUT2D eigenvalue weighted by Crippen LogP contribution is -2.42. The number of hydrogen-bond acceptors (Lipinski definition) is 3. The summed E-state index contributed by atoms with van der Waals surface area (Å²) >= 11 is 0. The van der Waals surface area contributed by atoms with Crippen molar-refractivity contribution >= 4 is 14.0 Å². The fraction of sp³-hybridized carbons (Fsp3) is 0.917. The lowest BCUT2D eigenvalue weighted by atomic mass is 9.98. The van der Waals surface area contributed by atoms with Crippen molar-refractivity contribution in [1.82, 2.24) is 0 Å². The van der Waals surface area contributed by atoms with Crippen LogP contribution >= 0.6 is 0 Å². The molecule has 0 aromatic heterocycles. The Bertz CT molecular complexity index is 223. The van der Waals surface area contributed by atoms with Crippen molar-refractivity contribution < 1.29 is 14.6 Å². The van der Waals surface area contributed by atoms with E-state index in [1.54, 1.807) is 0 Å². The van der Waals surface area contributed by atoms with Crippen molar-refractivity contribution in [3.05, 3.63) is 0 Å². The quantitative estimate of drug-likeness (QED) is 0.579. The van der Waals surface area contributed by atoms with Crippen LogP contribution in [0, 0.1) is 5.92 Å². The minimum Gasteiger partial charge on any atom is -0.466 e. The first kappa shape index (κ1) is 15.6. The van der Waals surface area contributed by atoms with Crippen molar-refractivity contribution in [1.29, 1.82) is 0 Å². The highest BCUT2D eigenvalue weighted by atomic mass is 28.3. The second-order valence-corrected chi connectivity index (χ2v) is 10.8. The van der Waals surface area contributed by atoms with Crippen LogP contribution in [0.5, 0.6) is 0 Å². The molecule has 0 fully saturated rings. The molecule has 0 aliphatic heterocycles. The van der Waals surface area contributed by atoms with Crippen LogP contribution in [0.15, 0.2) is 0 Å². The number of aliphatic hydroxyl groups is 1. The van der Waals surface area contributed by atoms with Crippen molar-refractivity contribution in [3.8, 4) is 0 Å². The van der Waals surface area contributed by atoms with E-state index in [9.17, 15) is 9.90 Å². The summed E-state index contributed by atoms with van der Waals surface area (Å²) in [4.78, 5) is 12.0. The van der Waals surface area contributed by atoms with Crippen LogP contribution in [0.2, 0.25) is 25.2 Å². The summed E-state index contributed by atoms with van der Waals surface area (Å²) in [7, 11) is -1.66. The molecule has 16 heavy (non-hydrogen) atoms. The monoisotopic (exact) mass is 246 g/mol. The van der Waals surface area contributed by atoms with Gasteiger partial charge in [0.05, 0.1) is 26.3 Å². The third-order valence-corrected chi connectivity index (χ3v) is 5.65. The first-order valence-electron chi connectivity index (χ1n) is 6.10. The van der Waals surface area contributed by atoms with E-state index in [1.165, 1.54) is 0 Å². The zero-order chi connectivity index (χ0) is 12.9. The molecule has 4 heteroatoms. The Morgan fingerprint density at radius 2 is 1.81 bits per heavy atom. The zero-order valence-electron chi connectivity index (χ0n) is 11.4. The van der Waals surface area contributed by atoms with Crippen LogP contribution in [-0.2, 0) is 9.53 Å². The SMILES string of the molecule is CCOC(=O)[C@H]([C@@H](C)[C@@H](O)CC)[Si](C)(C)C. The van der Waals surface area contributed by atoms with E-state index in [0.29, 0.717) is 13.0 Å². The lowest BCUT2D eigenvalue weighted by Gasteiger charge is -2.34. The van der Waals surface area contributed by atoms with Crippen LogP contribution < -0.4 is 0 Å². The minimum atomic E-state index is -1.66. The highest BCUT2D eigenvalue weighted by Gasteiger charge is 2.40. The third kappa shape index (κ3) is 4.26. The summed E-state index contributed by atoms with van der Waals surface area (Å²) in [6.45, 7) is 12.6. The van der Waals surface area contributed by atoms with Gasteiger partial charge < -0.3 is 9.84 Å². The van der Waals surface area contributed by atoms with Crippen molar-refractivity contribution in [2.24, 2.45) is 5.92 Å². The minimum absolute atomic E-state index is 0.0179. The fourth-order valence-electron chi connectivity index (χ4n) is 2.18. The van der Waals surface area contributed by atoms with Crippen LogP contribution in [0.1, 0.15) is 27.2 Å². The molecule has 0 saturated heterocycles. The van der Waals surface area contributed by atoms with Gasteiger partial charge in [-0.15, -0.1) is 0 Å². The maximum atomic E-state index is 12.0. The van der Waals surface area contributed by atoms with Crippen LogP contribution in [0.25, 0.3) is 0 Å². The zero-order valence-corrected chi connectivity index (χ0v) is 12.4. The number of carbonyl (C=O) groups excluding carboxylic acids is 1. The molecule has 3 nitrogen and oxygen atoms in total. The molecular formula is C12H26O3Si. The predicted molar refractivity (Wildman–Crippen MR) is 69.2 cm³/mol. The highest BCUT2D eigenvalue weighted by Crippen LogP contribution is 2.34. The third-order valence-electron chi connectivity index (χ3n) is 3.02. The van der Waals surface area contributed by atoms with E-state index in [4.69, 9.17) is 4.74 Å². The molecule has 96 valence electrons. The first-order chi connectivity index (χ1) is 7.25. The summed E-state index contributed by atoms with van der Waals surface area (Å²) in [5.41, 5.74) is -0.123. The Kier molecular flexibility index (Phi) is 6.26. The summed E-state index contributed by atoms with van der Waals surface area (Å²) in [5.74, 6) is -0.155. The summed E-state index contributed by atoms with van der Waals surface area (Å²) in [5, 5.41) is 9.89. The molecule has 1 N–H and O–H groups in total. The second-order valence-electron chi connectivity index (χ2n) is 5.43. The van der Waals surface area contributed by atoms with Crippen molar-refractivity contribution in [2.75, 3.05) is 6.61 Å². The predicted octanol–water partition coefficient (Wildman–Crippen LogP) is 2.66. The van der Waals surface area contributed by atoms with E-state index in [0.717, 1.165) is 0 Å². The molecule has 0 aromatic carbocycles. The standard InChI is InChI=1S/C12H26O3Si/c1-7-10(13)9(3)11(16(4,5)6)12(14)15-8-2/h9-11,13H,7-8H2,1-6H3/t9-,10-,11-/m0/s1. The maximum absolute atomic E-state index is 12.0. The van der Waals surface area contributed by atoms with Gasteiger partial charge in [0.2, 0.25) is 0 Å². The van der Waals surface area contributed by atoms with E-state index in [-0.39, 0.29) is 17.4 Å². The maximum Gasteiger partial charge on any atom is 0.306 e. The Labute approximate surface area is 100 Å². The topological polar surface area (TPSA) is 46.5 Å². The Morgan fingerprint density at radius 1 is 1.31 bits per heavy atom. The number of aliphatic hydroxyl groups excluding tert-OH is 1. The Balaban J connectivity index is 4.88. The molecule has 0 bridgehead atoms. The van der Waals surface area contributed by atoms with Gasteiger partial charge in [-0.3, -0.25) is 4.79 Å². The second kappa shape index (κ2) is 6.40. The van der Waals surface area contributed by atoms with Crippen LogP contribution in [-0.4, -0.2) is 31.9 Å². The number of hydrogen-bond donors (Lipinski definition) is 1. The van der Waals surface area contributed by atoms with Crippen LogP contribution in [0.3, 0.4) is 0 Å². The normalized spacial score (nSPS) is 17.7.